The van der Waals surface area contributed by atoms with E-state index in [-0.39, 0.29) is 13.0 Å². The third-order valence-electron chi connectivity index (χ3n) is 0.893. The summed E-state index contributed by atoms with van der Waals surface area (Å²) in [6.45, 7) is -0.0555. The van der Waals surface area contributed by atoms with Gasteiger partial charge in [0.2, 0.25) is 0 Å². The van der Waals surface area contributed by atoms with Gasteiger partial charge in [-0.15, -0.1) is 0 Å². The number of aliphatic carboxylic acids is 1. The Balaban J connectivity index is 2.84. The van der Waals surface area contributed by atoms with Crippen molar-refractivity contribution in [3.8, 4) is 0 Å². The van der Waals surface area contributed by atoms with Crippen molar-refractivity contribution in [2.45, 2.75) is 12.8 Å². The fourth-order valence-corrected chi connectivity index (χ4v) is 1.27. The monoisotopic (exact) mass is 163 g/mol. The Morgan fingerprint density at radius 1 is 1.40 bits per heavy atom. The van der Waals surface area contributed by atoms with E-state index in [4.69, 9.17) is 5.11 Å². The number of thioether (sulfide) groups is 1. The van der Waals surface area contributed by atoms with Crippen molar-refractivity contribution in [1.82, 2.24) is 0 Å². The molecule has 0 aromatic heterocycles. The molecule has 0 bridgehead atoms. The molecular formula is C6H11O3S. The molecular weight excluding hydrogens is 152 g/mol. The van der Waals surface area contributed by atoms with Gasteiger partial charge in [-0.25, -0.2) is 5.11 Å². The molecule has 1 radical (unpaired) electrons. The van der Waals surface area contributed by atoms with Crippen LogP contribution < -0.4 is 0 Å². The summed E-state index contributed by atoms with van der Waals surface area (Å²) in [4.78, 5) is 9.96. The first kappa shape index (κ1) is 9.78. The van der Waals surface area contributed by atoms with Crippen molar-refractivity contribution in [3.05, 3.63) is 0 Å². The second-order valence-electron chi connectivity index (χ2n) is 1.81. The summed E-state index contributed by atoms with van der Waals surface area (Å²) >= 11 is 1.53. The predicted octanol–water partition coefficient (Wildman–Crippen LogP) is 1.01. The van der Waals surface area contributed by atoms with Gasteiger partial charge in [-0.2, -0.15) is 11.8 Å². The van der Waals surface area contributed by atoms with E-state index in [0.29, 0.717) is 12.2 Å². The maximum Gasteiger partial charge on any atom is 0.304 e. The first-order valence-electron chi connectivity index (χ1n) is 3.15. The third kappa shape index (κ3) is 7.78. The van der Waals surface area contributed by atoms with Gasteiger partial charge in [0.25, 0.3) is 0 Å². The fourth-order valence-electron chi connectivity index (χ4n) is 0.423. The van der Waals surface area contributed by atoms with E-state index in [9.17, 15) is 9.90 Å². The third-order valence-corrected chi connectivity index (χ3v) is 1.96. The van der Waals surface area contributed by atoms with Gasteiger partial charge in [0.1, 0.15) is 0 Å². The molecule has 0 atom stereocenters. The Hall–Kier alpha value is -0.220. The standard InChI is InChI=1S/C6H11O3S/c7-3-1-4-10-5-2-6(8)9/h1-5H2,(H,8,9). The molecule has 4 heteroatoms. The minimum Gasteiger partial charge on any atom is -0.481 e. The molecule has 3 nitrogen and oxygen atoms in total. The van der Waals surface area contributed by atoms with E-state index in [2.05, 4.69) is 0 Å². The van der Waals surface area contributed by atoms with Crippen LogP contribution in [-0.2, 0) is 9.90 Å². The maximum absolute atomic E-state index is 9.96. The SMILES string of the molecule is [O]CCCSCCC(=O)O. The van der Waals surface area contributed by atoms with E-state index >= 15 is 0 Å². The Bertz CT molecular complexity index is 95.0. The zero-order valence-electron chi connectivity index (χ0n) is 5.71. The van der Waals surface area contributed by atoms with Crippen LogP contribution in [0.25, 0.3) is 0 Å². The van der Waals surface area contributed by atoms with Crippen LogP contribution in [0.4, 0.5) is 0 Å². The Labute approximate surface area is 64.4 Å². The molecule has 0 aliphatic heterocycles. The lowest BCUT2D eigenvalue weighted by Gasteiger charge is -1.94. The summed E-state index contributed by atoms with van der Waals surface area (Å²) in [6, 6.07) is 0. The highest BCUT2D eigenvalue weighted by Crippen LogP contribution is 2.03. The fraction of sp³-hybridized carbons (Fsp3) is 0.833. The summed E-state index contributed by atoms with van der Waals surface area (Å²) in [5.74, 6) is 0.640. The minimum absolute atomic E-state index is 0.0555. The molecule has 0 amide bonds. The van der Waals surface area contributed by atoms with Crippen molar-refractivity contribution in [2.24, 2.45) is 0 Å². The topological polar surface area (TPSA) is 57.2 Å². The summed E-state index contributed by atoms with van der Waals surface area (Å²) < 4.78 is 0. The maximum atomic E-state index is 9.96. The molecule has 0 aromatic rings. The molecule has 0 saturated heterocycles. The largest absolute Gasteiger partial charge is 0.481 e. The van der Waals surface area contributed by atoms with Gasteiger partial charge in [0.05, 0.1) is 13.0 Å². The Morgan fingerprint density at radius 2 is 2.10 bits per heavy atom. The van der Waals surface area contributed by atoms with Gasteiger partial charge < -0.3 is 5.11 Å². The van der Waals surface area contributed by atoms with Gasteiger partial charge in [0.15, 0.2) is 0 Å². The van der Waals surface area contributed by atoms with E-state index in [1.54, 1.807) is 0 Å². The van der Waals surface area contributed by atoms with Crippen LogP contribution in [0.2, 0.25) is 0 Å². The van der Waals surface area contributed by atoms with E-state index < -0.39 is 5.97 Å². The molecule has 0 aliphatic carbocycles. The lowest BCUT2D eigenvalue weighted by atomic mass is 10.5. The van der Waals surface area contributed by atoms with Gasteiger partial charge >= 0.3 is 5.97 Å². The van der Waals surface area contributed by atoms with E-state index in [1.165, 1.54) is 11.8 Å². The number of hydrogen-bond acceptors (Lipinski definition) is 2. The Kier molecular flexibility index (Phi) is 6.74. The van der Waals surface area contributed by atoms with Crippen LogP contribution in [0, 0.1) is 0 Å². The lowest BCUT2D eigenvalue weighted by molar-refractivity contribution is -0.136. The van der Waals surface area contributed by atoms with Crippen LogP contribution in [0.3, 0.4) is 0 Å². The minimum atomic E-state index is -0.769. The van der Waals surface area contributed by atoms with Crippen molar-refractivity contribution >= 4 is 17.7 Å². The van der Waals surface area contributed by atoms with Crippen molar-refractivity contribution in [3.63, 3.8) is 0 Å². The average Bonchev–Trinajstić information content (AvgIpc) is 1.87. The first-order valence-corrected chi connectivity index (χ1v) is 4.30. The lowest BCUT2D eigenvalue weighted by Crippen LogP contribution is -1.96. The van der Waals surface area contributed by atoms with Crippen LogP contribution >= 0.6 is 11.8 Å². The first-order chi connectivity index (χ1) is 4.77. The number of rotatable bonds is 6. The number of hydrogen-bond donors (Lipinski definition) is 1. The normalized spacial score (nSPS) is 9.70. The molecule has 0 fully saturated rings. The molecule has 1 N–H and O–H groups in total. The van der Waals surface area contributed by atoms with Crippen molar-refractivity contribution in [2.75, 3.05) is 18.1 Å². The number of carboxylic acid groups (broad SMARTS) is 1. The summed E-state index contributed by atoms with van der Waals surface area (Å²) in [5, 5.41) is 18.1. The molecule has 0 aliphatic rings. The van der Waals surface area contributed by atoms with Crippen molar-refractivity contribution < 1.29 is 15.0 Å². The molecule has 0 unspecified atom stereocenters. The molecule has 0 spiro atoms. The van der Waals surface area contributed by atoms with Crippen LogP contribution in [0.1, 0.15) is 12.8 Å². The van der Waals surface area contributed by atoms with Crippen molar-refractivity contribution in [1.29, 1.82) is 0 Å². The van der Waals surface area contributed by atoms with Crippen LogP contribution in [-0.4, -0.2) is 29.2 Å². The van der Waals surface area contributed by atoms with Gasteiger partial charge in [-0.1, -0.05) is 0 Å². The highest BCUT2D eigenvalue weighted by molar-refractivity contribution is 7.99. The molecule has 0 saturated carbocycles. The van der Waals surface area contributed by atoms with Gasteiger partial charge in [-0.3, -0.25) is 4.79 Å². The second-order valence-corrected chi connectivity index (χ2v) is 3.04. The highest BCUT2D eigenvalue weighted by Gasteiger charge is 1.95. The van der Waals surface area contributed by atoms with Crippen LogP contribution in [0.5, 0.6) is 0 Å². The molecule has 0 aromatic carbocycles. The zero-order chi connectivity index (χ0) is 7.82. The zero-order valence-corrected chi connectivity index (χ0v) is 6.52. The molecule has 0 rings (SSSR count). The summed E-state index contributed by atoms with van der Waals surface area (Å²) in [6.07, 6.45) is 0.841. The molecule has 10 heavy (non-hydrogen) atoms. The predicted molar refractivity (Wildman–Crippen MR) is 39.7 cm³/mol. The summed E-state index contributed by atoms with van der Waals surface area (Å²) in [5.41, 5.74) is 0. The summed E-state index contributed by atoms with van der Waals surface area (Å²) in [7, 11) is 0. The quantitative estimate of drug-likeness (QED) is 0.594. The smallest absolute Gasteiger partial charge is 0.304 e. The second kappa shape index (κ2) is 6.89. The molecule has 0 heterocycles. The Morgan fingerprint density at radius 3 is 2.60 bits per heavy atom. The average molecular weight is 163 g/mol. The van der Waals surface area contributed by atoms with E-state index in [1.807, 2.05) is 0 Å². The highest BCUT2D eigenvalue weighted by atomic mass is 32.2. The van der Waals surface area contributed by atoms with E-state index in [0.717, 1.165) is 5.75 Å². The van der Waals surface area contributed by atoms with Crippen LogP contribution in [0.15, 0.2) is 0 Å². The van der Waals surface area contributed by atoms with Gasteiger partial charge in [0, 0.05) is 5.75 Å². The number of carboxylic acids is 1. The molecule has 59 valence electrons. The number of carbonyl (C=O) groups is 1. The van der Waals surface area contributed by atoms with Gasteiger partial charge in [-0.05, 0) is 12.2 Å².